The summed E-state index contributed by atoms with van der Waals surface area (Å²) in [5.74, 6) is -0.582. The third-order valence-electron chi connectivity index (χ3n) is 2.02. The average Bonchev–Trinajstić information content (AvgIpc) is 2.77. The molecule has 2 rings (SSSR count). The summed E-state index contributed by atoms with van der Waals surface area (Å²) < 4.78 is 38.7. The van der Waals surface area contributed by atoms with E-state index in [4.69, 9.17) is 5.73 Å². The number of H-pyrrole nitrogens is 1. The molecule has 17 heavy (non-hydrogen) atoms. The number of benzene rings is 1. The zero-order valence-corrected chi connectivity index (χ0v) is 9.33. The standard InChI is InChI=1S/C9H9FN4O2S/c10-6-1-2-7(11)8(5-6)14-17(15,16)9-3-4-12-13-9/h1-5,14H,11H2,(H,12,13). The highest BCUT2D eigenvalue weighted by Crippen LogP contribution is 2.22. The van der Waals surface area contributed by atoms with Crippen molar-refractivity contribution in [1.29, 1.82) is 0 Å². The molecule has 0 aliphatic rings. The number of aromatic amines is 1. The first-order chi connectivity index (χ1) is 7.99. The van der Waals surface area contributed by atoms with Crippen LogP contribution in [0.15, 0.2) is 35.5 Å². The summed E-state index contributed by atoms with van der Waals surface area (Å²) in [7, 11) is -3.82. The van der Waals surface area contributed by atoms with Crippen LogP contribution in [0.4, 0.5) is 15.8 Å². The molecule has 0 amide bonds. The molecule has 1 aromatic heterocycles. The number of aromatic nitrogens is 2. The first-order valence-electron chi connectivity index (χ1n) is 4.56. The highest BCUT2D eigenvalue weighted by molar-refractivity contribution is 7.92. The maximum atomic E-state index is 13.0. The molecule has 0 unspecified atom stereocenters. The molecule has 4 N–H and O–H groups in total. The number of rotatable bonds is 3. The van der Waals surface area contributed by atoms with Crippen molar-refractivity contribution in [1.82, 2.24) is 10.2 Å². The minimum absolute atomic E-state index is 0.0143. The van der Waals surface area contributed by atoms with Crippen molar-refractivity contribution in [3.63, 3.8) is 0 Å². The summed E-state index contributed by atoms with van der Waals surface area (Å²) in [6.07, 6.45) is 1.30. The number of sulfonamides is 1. The van der Waals surface area contributed by atoms with Crippen molar-refractivity contribution < 1.29 is 12.8 Å². The maximum absolute atomic E-state index is 13.0. The maximum Gasteiger partial charge on any atom is 0.278 e. The van der Waals surface area contributed by atoms with Crippen LogP contribution in [0.1, 0.15) is 0 Å². The molecule has 90 valence electrons. The van der Waals surface area contributed by atoms with Crippen molar-refractivity contribution in [3.8, 4) is 0 Å². The fraction of sp³-hybridized carbons (Fsp3) is 0. The first-order valence-corrected chi connectivity index (χ1v) is 6.04. The third-order valence-corrected chi connectivity index (χ3v) is 3.32. The lowest BCUT2D eigenvalue weighted by Gasteiger charge is -2.08. The van der Waals surface area contributed by atoms with E-state index in [9.17, 15) is 12.8 Å². The second-order valence-corrected chi connectivity index (χ2v) is 4.91. The van der Waals surface area contributed by atoms with Gasteiger partial charge < -0.3 is 5.73 Å². The highest BCUT2D eigenvalue weighted by atomic mass is 32.2. The van der Waals surface area contributed by atoms with E-state index in [1.807, 2.05) is 0 Å². The summed E-state index contributed by atoms with van der Waals surface area (Å²) in [6.45, 7) is 0. The predicted molar refractivity (Wildman–Crippen MR) is 60.2 cm³/mol. The van der Waals surface area contributed by atoms with E-state index in [-0.39, 0.29) is 16.4 Å². The molecule has 0 saturated carbocycles. The zero-order chi connectivity index (χ0) is 12.5. The van der Waals surface area contributed by atoms with Crippen LogP contribution >= 0.6 is 0 Å². The SMILES string of the molecule is Nc1ccc(F)cc1NS(=O)(=O)c1ccn[nH]1. The van der Waals surface area contributed by atoms with Crippen LogP contribution in [0, 0.1) is 5.82 Å². The number of nitrogens with two attached hydrogens (primary N) is 1. The summed E-state index contributed by atoms with van der Waals surface area (Å²) >= 11 is 0. The van der Waals surface area contributed by atoms with Gasteiger partial charge in [0.05, 0.1) is 17.6 Å². The van der Waals surface area contributed by atoms with Gasteiger partial charge in [0, 0.05) is 6.07 Å². The Morgan fingerprint density at radius 3 is 2.76 bits per heavy atom. The number of anilines is 2. The van der Waals surface area contributed by atoms with E-state index in [1.54, 1.807) is 0 Å². The van der Waals surface area contributed by atoms with Crippen LogP contribution in [0.5, 0.6) is 0 Å². The number of nitrogen functional groups attached to an aromatic ring is 1. The van der Waals surface area contributed by atoms with Crippen LogP contribution in [0.3, 0.4) is 0 Å². The molecule has 8 heteroatoms. The zero-order valence-electron chi connectivity index (χ0n) is 8.51. The third kappa shape index (κ3) is 2.36. The Balaban J connectivity index is 2.36. The van der Waals surface area contributed by atoms with Crippen LogP contribution in [0.25, 0.3) is 0 Å². The lowest BCUT2D eigenvalue weighted by Crippen LogP contribution is -2.14. The van der Waals surface area contributed by atoms with E-state index in [1.165, 1.54) is 18.3 Å². The van der Waals surface area contributed by atoms with E-state index < -0.39 is 15.8 Å². The van der Waals surface area contributed by atoms with Gasteiger partial charge in [-0.2, -0.15) is 13.5 Å². The van der Waals surface area contributed by atoms with Gasteiger partial charge in [0.15, 0.2) is 5.03 Å². The molecular weight excluding hydrogens is 247 g/mol. The van der Waals surface area contributed by atoms with Gasteiger partial charge in [-0.15, -0.1) is 0 Å². The molecule has 0 atom stereocenters. The molecule has 0 saturated heterocycles. The number of hydrogen-bond acceptors (Lipinski definition) is 4. The van der Waals surface area contributed by atoms with Crippen molar-refractivity contribution in [2.24, 2.45) is 0 Å². The van der Waals surface area contributed by atoms with E-state index in [0.29, 0.717) is 0 Å². The topological polar surface area (TPSA) is 101 Å². The minimum Gasteiger partial charge on any atom is -0.397 e. The Bertz CT molecular complexity index is 624. The Morgan fingerprint density at radius 1 is 1.35 bits per heavy atom. The molecular formula is C9H9FN4O2S. The first kappa shape index (κ1) is 11.4. The summed E-state index contributed by atoms with van der Waals surface area (Å²) in [5.41, 5.74) is 5.65. The molecule has 0 aliphatic heterocycles. The summed E-state index contributed by atoms with van der Waals surface area (Å²) in [6, 6.07) is 4.70. The number of hydrogen-bond donors (Lipinski definition) is 3. The average molecular weight is 256 g/mol. The van der Waals surface area contributed by atoms with Crippen molar-refractivity contribution in [2.45, 2.75) is 5.03 Å². The lowest BCUT2D eigenvalue weighted by molar-refractivity contribution is 0.597. The molecule has 6 nitrogen and oxygen atoms in total. The number of halogens is 1. The molecule has 0 fully saturated rings. The highest BCUT2D eigenvalue weighted by Gasteiger charge is 2.16. The van der Waals surface area contributed by atoms with E-state index in [0.717, 1.165) is 12.1 Å². The van der Waals surface area contributed by atoms with Crippen LogP contribution in [0.2, 0.25) is 0 Å². The lowest BCUT2D eigenvalue weighted by atomic mass is 10.3. The smallest absolute Gasteiger partial charge is 0.278 e. The molecule has 0 radical (unpaired) electrons. The van der Waals surface area contributed by atoms with Gasteiger partial charge >= 0.3 is 0 Å². The largest absolute Gasteiger partial charge is 0.397 e. The monoisotopic (exact) mass is 256 g/mol. The molecule has 2 aromatic rings. The quantitative estimate of drug-likeness (QED) is 0.711. The van der Waals surface area contributed by atoms with Gasteiger partial charge in [-0.1, -0.05) is 0 Å². The Hall–Kier alpha value is -2.09. The van der Waals surface area contributed by atoms with E-state index in [2.05, 4.69) is 14.9 Å². The fourth-order valence-corrected chi connectivity index (χ4v) is 2.20. The van der Waals surface area contributed by atoms with Crippen molar-refractivity contribution in [2.75, 3.05) is 10.5 Å². The molecule has 1 aromatic carbocycles. The van der Waals surface area contributed by atoms with Crippen LogP contribution in [-0.4, -0.2) is 18.6 Å². The Morgan fingerprint density at radius 2 is 2.12 bits per heavy atom. The Labute approximate surface area is 96.7 Å². The second-order valence-electron chi connectivity index (χ2n) is 3.26. The molecule has 0 spiro atoms. The van der Waals surface area contributed by atoms with Crippen molar-refractivity contribution in [3.05, 3.63) is 36.3 Å². The van der Waals surface area contributed by atoms with Gasteiger partial charge in [-0.05, 0) is 18.2 Å². The normalized spacial score (nSPS) is 11.4. The second kappa shape index (κ2) is 4.06. The number of nitrogens with one attached hydrogen (secondary N) is 2. The van der Waals surface area contributed by atoms with Gasteiger partial charge in [-0.25, -0.2) is 4.39 Å². The molecule has 0 aliphatic carbocycles. The molecule has 1 heterocycles. The summed E-state index contributed by atoms with van der Waals surface area (Å²) in [4.78, 5) is 0. The van der Waals surface area contributed by atoms with Gasteiger partial charge in [0.25, 0.3) is 10.0 Å². The van der Waals surface area contributed by atoms with E-state index >= 15 is 0 Å². The minimum atomic E-state index is -3.82. The van der Waals surface area contributed by atoms with Gasteiger partial charge in [0.1, 0.15) is 5.82 Å². The van der Waals surface area contributed by atoms with Crippen LogP contribution < -0.4 is 10.5 Å². The van der Waals surface area contributed by atoms with Crippen LogP contribution in [-0.2, 0) is 10.0 Å². The summed E-state index contributed by atoms with van der Waals surface area (Å²) in [5, 5.41) is 5.69. The van der Waals surface area contributed by atoms with Gasteiger partial charge in [0.2, 0.25) is 0 Å². The van der Waals surface area contributed by atoms with Gasteiger partial charge in [-0.3, -0.25) is 9.82 Å². The fourth-order valence-electron chi connectivity index (χ4n) is 1.21. The Kier molecular flexibility index (Phi) is 2.72. The number of nitrogens with zero attached hydrogens (tertiary/aromatic N) is 1. The van der Waals surface area contributed by atoms with Crippen molar-refractivity contribution >= 4 is 21.4 Å². The molecule has 0 bridgehead atoms. The predicted octanol–water partition coefficient (Wildman–Crippen LogP) is 0.932.